The summed E-state index contributed by atoms with van der Waals surface area (Å²) >= 11 is 5.49. The van der Waals surface area contributed by atoms with Gasteiger partial charge in [0.2, 0.25) is 0 Å². The lowest BCUT2D eigenvalue weighted by Crippen LogP contribution is -2.13. The Bertz CT molecular complexity index is 99.6. The van der Waals surface area contributed by atoms with Crippen LogP contribution in [0.5, 0.6) is 0 Å². The van der Waals surface area contributed by atoms with E-state index in [1.165, 1.54) is 0 Å². The average molecular weight is 132 g/mol. The minimum absolute atomic E-state index is 0.304. The smallest absolute Gasteiger partial charge is 0.0699 e. The summed E-state index contributed by atoms with van der Waals surface area (Å²) < 4.78 is 0. The average Bonchev–Trinajstić information content (AvgIpc) is 1.87. The summed E-state index contributed by atoms with van der Waals surface area (Å²) in [5.41, 5.74) is -0.304. The summed E-state index contributed by atoms with van der Waals surface area (Å²) in [6.45, 7) is 3.82. The van der Waals surface area contributed by atoms with Gasteiger partial charge < -0.3 is 0 Å². The third-order valence-electron chi connectivity index (χ3n) is 1.35. The van der Waals surface area contributed by atoms with E-state index in [1.54, 1.807) is 0 Å². The van der Waals surface area contributed by atoms with E-state index < -0.39 is 0 Å². The molecule has 1 nitrogen and oxygen atoms in total. The van der Waals surface area contributed by atoms with Crippen LogP contribution >= 0.6 is 11.6 Å². The maximum Gasteiger partial charge on any atom is 0.0699 e. The Morgan fingerprint density at radius 3 is 2.25 bits per heavy atom. The molecule has 46 valence electrons. The zero-order valence-electron chi connectivity index (χ0n) is 5.24. The molecule has 0 rings (SSSR count). The van der Waals surface area contributed by atoms with Crippen molar-refractivity contribution < 1.29 is 0 Å². The molecule has 0 spiro atoms. The predicted molar refractivity (Wildman–Crippen MR) is 34.7 cm³/mol. The molecule has 0 saturated carbocycles. The van der Waals surface area contributed by atoms with Gasteiger partial charge in [0.05, 0.1) is 11.5 Å². The van der Waals surface area contributed by atoms with Crippen LogP contribution in [0.2, 0.25) is 0 Å². The van der Waals surface area contributed by atoms with Gasteiger partial charge in [-0.15, -0.1) is 11.6 Å². The van der Waals surface area contributed by atoms with Crippen molar-refractivity contribution >= 4 is 11.6 Å². The van der Waals surface area contributed by atoms with E-state index in [0.717, 1.165) is 6.42 Å². The second-order valence-electron chi connectivity index (χ2n) is 2.16. The van der Waals surface area contributed by atoms with E-state index >= 15 is 0 Å². The van der Waals surface area contributed by atoms with Crippen LogP contribution in [-0.4, -0.2) is 5.88 Å². The highest BCUT2D eigenvalue weighted by atomic mass is 35.5. The standard InChI is InChI=1S/C6H10ClN/c1-3-6(2,4-7)5-8/h3-4H2,1-2H3/t6-/m1/s1. The zero-order valence-corrected chi connectivity index (χ0v) is 6.00. The molecule has 0 aromatic carbocycles. The monoisotopic (exact) mass is 131 g/mol. The van der Waals surface area contributed by atoms with Crippen molar-refractivity contribution in [2.24, 2.45) is 5.41 Å². The summed E-state index contributed by atoms with van der Waals surface area (Å²) in [7, 11) is 0. The number of nitrogens with zero attached hydrogens (tertiary/aromatic N) is 1. The highest BCUT2D eigenvalue weighted by Gasteiger charge is 2.18. The molecule has 0 aromatic heterocycles. The van der Waals surface area contributed by atoms with Crippen LogP contribution in [0.25, 0.3) is 0 Å². The van der Waals surface area contributed by atoms with Crippen molar-refractivity contribution in [2.75, 3.05) is 5.88 Å². The van der Waals surface area contributed by atoms with E-state index in [4.69, 9.17) is 16.9 Å². The van der Waals surface area contributed by atoms with E-state index in [0.29, 0.717) is 5.88 Å². The molecule has 0 aliphatic heterocycles. The van der Waals surface area contributed by atoms with Crippen molar-refractivity contribution in [3.8, 4) is 6.07 Å². The maximum atomic E-state index is 8.45. The highest BCUT2D eigenvalue weighted by Crippen LogP contribution is 2.20. The number of halogens is 1. The van der Waals surface area contributed by atoms with Crippen molar-refractivity contribution in [1.82, 2.24) is 0 Å². The lowest BCUT2D eigenvalue weighted by Gasteiger charge is -2.13. The van der Waals surface area contributed by atoms with Crippen molar-refractivity contribution in [2.45, 2.75) is 20.3 Å². The number of nitriles is 1. The van der Waals surface area contributed by atoms with Crippen LogP contribution in [0.3, 0.4) is 0 Å². The van der Waals surface area contributed by atoms with Gasteiger partial charge in [-0.25, -0.2) is 0 Å². The van der Waals surface area contributed by atoms with Crippen LogP contribution in [0.1, 0.15) is 20.3 Å². The summed E-state index contributed by atoms with van der Waals surface area (Å²) in [5.74, 6) is 0.431. The molecule has 0 heterocycles. The van der Waals surface area contributed by atoms with Crippen molar-refractivity contribution in [3.63, 3.8) is 0 Å². The first kappa shape index (κ1) is 7.78. The zero-order chi connectivity index (χ0) is 6.62. The Hall–Kier alpha value is -0.220. The molecular weight excluding hydrogens is 122 g/mol. The van der Waals surface area contributed by atoms with Gasteiger partial charge >= 0.3 is 0 Å². The molecule has 0 aliphatic carbocycles. The number of rotatable bonds is 2. The van der Waals surface area contributed by atoms with Gasteiger partial charge in [-0.2, -0.15) is 5.26 Å². The Balaban J connectivity index is 3.83. The van der Waals surface area contributed by atoms with Gasteiger partial charge in [-0.05, 0) is 13.3 Å². The summed E-state index contributed by atoms with van der Waals surface area (Å²) in [5, 5.41) is 8.45. The largest absolute Gasteiger partial charge is 0.198 e. The van der Waals surface area contributed by atoms with Gasteiger partial charge in [0, 0.05) is 5.88 Å². The number of hydrogen-bond donors (Lipinski definition) is 0. The molecule has 0 fully saturated rings. The Labute approximate surface area is 55.3 Å². The fraction of sp³-hybridized carbons (Fsp3) is 0.833. The first-order valence-electron chi connectivity index (χ1n) is 2.66. The highest BCUT2D eigenvalue weighted by molar-refractivity contribution is 6.18. The van der Waals surface area contributed by atoms with E-state index in [-0.39, 0.29) is 5.41 Å². The second-order valence-corrected chi connectivity index (χ2v) is 2.43. The molecule has 8 heavy (non-hydrogen) atoms. The molecule has 2 heteroatoms. The molecule has 0 aliphatic rings. The molecule has 0 radical (unpaired) electrons. The van der Waals surface area contributed by atoms with Gasteiger partial charge in [0.1, 0.15) is 0 Å². The van der Waals surface area contributed by atoms with Crippen LogP contribution in [0, 0.1) is 16.7 Å². The molecule has 0 unspecified atom stereocenters. The summed E-state index contributed by atoms with van der Waals surface area (Å²) in [6, 6.07) is 2.15. The minimum Gasteiger partial charge on any atom is -0.198 e. The first-order chi connectivity index (χ1) is 3.68. The molecule has 0 N–H and O–H groups in total. The Morgan fingerprint density at radius 1 is 1.75 bits per heavy atom. The quantitative estimate of drug-likeness (QED) is 0.527. The van der Waals surface area contributed by atoms with E-state index in [2.05, 4.69) is 6.07 Å². The second kappa shape index (κ2) is 2.94. The third-order valence-corrected chi connectivity index (χ3v) is 1.94. The van der Waals surface area contributed by atoms with Crippen molar-refractivity contribution in [1.29, 1.82) is 5.26 Å². The molecular formula is C6H10ClN. The summed E-state index contributed by atoms with van der Waals surface area (Å²) in [4.78, 5) is 0. The van der Waals surface area contributed by atoms with Crippen LogP contribution in [-0.2, 0) is 0 Å². The fourth-order valence-corrected chi connectivity index (χ4v) is 0.452. The predicted octanol–water partition coefficient (Wildman–Crippen LogP) is 2.17. The Kier molecular flexibility index (Phi) is 2.86. The van der Waals surface area contributed by atoms with Gasteiger partial charge in [-0.3, -0.25) is 0 Å². The molecule has 1 atom stereocenters. The first-order valence-corrected chi connectivity index (χ1v) is 3.19. The maximum absolute atomic E-state index is 8.45. The SMILES string of the molecule is CC[C@@](C)(C#N)CCl. The van der Waals surface area contributed by atoms with E-state index in [1.807, 2.05) is 13.8 Å². The fourth-order valence-electron chi connectivity index (χ4n) is 0.203. The number of hydrogen-bond acceptors (Lipinski definition) is 1. The van der Waals surface area contributed by atoms with Gasteiger partial charge in [-0.1, -0.05) is 6.92 Å². The minimum atomic E-state index is -0.304. The Morgan fingerprint density at radius 2 is 2.25 bits per heavy atom. The van der Waals surface area contributed by atoms with Crippen molar-refractivity contribution in [3.05, 3.63) is 0 Å². The van der Waals surface area contributed by atoms with Gasteiger partial charge in [0.15, 0.2) is 0 Å². The van der Waals surface area contributed by atoms with E-state index in [9.17, 15) is 0 Å². The van der Waals surface area contributed by atoms with Crippen LogP contribution in [0.15, 0.2) is 0 Å². The number of alkyl halides is 1. The molecule has 0 bridgehead atoms. The normalized spacial score (nSPS) is 16.8. The molecule has 0 saturated heterocycles. The lowest BCUT2D eigenvalue weighted by molar-refractivity contribution is 0.484. The van der Waals surface area contributed by atoms with Crippen LogP contribution in [0.4, 0.5) is 0 Å². The molecule has 0 aromatic rings. The van der Waals surface area contributed by atoms with Gasteiger partial charge in [0.25, 0.3) is 0 Å². The lowest BCUT2D eigenvalue weighted by atomic mass is 9.92. The topological polar surface area (TPSA) is 23.8 Å². The third kappa shape index (κ3) is 1.71. The van der Waals surface area contributed by atoms with Crippen LogP contribution < -0.4 is 0 Å². The molecule has 0 amide bonds. The summed E-state index contributed by atoms with van der Waals surface area (Å²) in [6.07, 6.45) is 0.826.